The van der Waals surface area contributed by atoms with E-state index in [4.69, 9.17) is 16.0 Å². The highest BCUT2D eigenvalue weighted by Gasteiger charge is 2.19. The van der Waals surface area contributed by atoms with Gasteiger partial charge in [-0.25, -0.2) is 0 Å². The molecule has 1 heterocycles. The first kappa shape index (κ1) is 14.8. The highest BCUT2D eigenvalue weighted by Crippen LogP contribution is 2.27. The number of carbonyl (C=O) groups is 1. The Morgan fingerprint density at radius 3 is 2.65 bits per heavy atom. The lowest BCUT2D eigenvalue weighted by molar-refractivity contribution is 0.102. The molecule has 1 aromatic carbocycles. The molecule has 0 bridgehead atoms. The molecule has 1 N–H and O–H groups in total. The normalized spacial score (nSPS) is 12.2. The maximum absolute atomic E-state index is 12.1. The molecule has 8 heteroatoms. The highest BCUT2D eigenvalue weighted by molar-refractivity contribution is 7.90. The Bertz CT molecular complexity index is 657. The van der Waals surface area contributed by atoms with Crippen molar-refractivity contribution in [3.63, 3.8) is 0 Å². The van der Waals surface area contributed by atoms with Gasteiger partial charge in [-0.3, -0.25) is 10.1 Å². The number of carbonyl (C=O) groups excluding carboxylic acids is 1. The summed E-state index contributed by atoms with van der Waals surface area (Å²) in [6, 6.07) is 3.14. The number of rotatable bonds is 3. The SMILES string of the molecule is Cc1nnc(NC(=O)c2ccc([S+](C)[O-])c(C)c2Cl)o1. The van der Waals surface area contributed by atoms with Crippen LogP contribution < -0.4 is 5.32 Å². The van der Waals surface area contributed by atoms with E-state index in [1.54, 1.807) is 26.2 Å². The van der Waals surface area contributed by atoms with Gasteiger partial charge in [0.2, 0.25) is 5.89 Å². The zero-order valence-electron chi connectivity index (χ0n) is 11.1. The molecule has 6 nitrogen and oxygen atoms in total. The number of amides is 1. The van der Waals surface area contributed by atoms with Gasteiger partial charge in [0.1, 0.15) is 6.26 Å². The molecule has 0 aliphatic heterocycles. The minimum atomic E-state index is -1.16. The van der Waals surface area contributed by atoms with Gasteiger partial charge in [-0.15, -0.1) is 5.10 Å². The molecule has 1 amide bonds. The van der Waals surface area contributed by atoms with Crippen molar-refractivity contribution >= 4 is 34.7 Å². The number of benzene rings is 1. The minimum Gasteiger partial charge on any atom is -0.612 e. The number of aromatic nitrogens is 2. The van der Waals surface area contributed by atoms with Gasteiger partial charge in [0.05, 0.1) is 10.6 Å². The zero-order chi connectivity index (χ0) is 14.9. The van der Waals surface area contributed by atoms with Crippen molar-refractivity contribution in [1.82, 2.24) is 10.2 Å². The molecule has 0 aliphatic carbocycles. The minimum absolute atomic E-state index is 0.00404. The lowest BCUT2D eigenvalue weighted by Crippen LogP contribution is -2.14. The van der Waals surface area contributed by atoms with Gasteiger partial charge in [0.25, 0.3) is 5.91 Å². The van der Waals surface area contributed by atoms with Gasteiger partial charge >= 0.3 is 6.01 Å². The van der Waals surface area contributed by atoms with E-state index in [1.165, 1.54) is 6.07 Å². The summed E-state index contributed by atoms with van der Waals surface area (Å²) in [5.41, 5.74) is 0.871. The Morgan fingerprint density at radius 2 is 2.10 bits per heavy atom. The van der Waals surface area contributed by atoms with Gasteiger partial charge in [-0.2, -0.15) is 0 Å². The first-order valence-electron chi connectivity index (χ1n) is 5.64. The third kappa shape index (κ3) is 2.95. The van der Waals surface area contributed by atoms with Crippen LogP contribution in [0.3, 0.4) is 0 Å². The van der Waals surface area contributed by atoms with Crippen molar-refractivity contribution in [2.75, 3.05) is 11.6 Å². The molecule has 0 fully saturated rings. The van der Waals surface area contributed by atoms with Crippen LogP contribution in [0.15, 0.2) is 21.4 Å². The standard InChI is InChI=1S/C12H12ClN3O3S/c1-6-9(20(3)18)5-4-8(10(6)13)11(17)14-12-16-15-7(2)19-12/h4-5H,1-3H3,(H,14,16,17). The number of aryl methyl sites for hydroxylation is 1. The van der Waals surface area contributed by atoms with E-state index in [1.807, 2.05) is 0 Å². The fraction of sp³-hybridized carbons (Fsp3) is 0.250. The van der Waals surface area contributed by atoms with Crippen molar-refractivity contribution in [2.24, 2.45) is 0 Å². The first-order valence-corrected chi connectivity index (χ1v) is 7.57. The lowest BCUT2D eigenvalue weighted by Gasteiger charge is -2.11. The van der Waals surface area contributed by atoms with E-state index in [0.717, 1.165) is 0 Å². The summed E-state index contributed by atoms with van der Waals surface area (Å²) in [5.74, 6) is -0.116. The van der Waals surface area contributed by atoms with Crippen LogP contribution in [0.5, 0.6) is 0 Å². The zero-order valence-corrected chi connectivity index (χ0v) is 12.6. The molecule has 0 spiro atoms. The van der Waals surface area contributed by atoms with Crippen LogP contribution in [0, 0.1) is 13.8 Å². The van der Waals surface area contributed by atoms with Gasteiger partial charge in [0.15, 0.2) is 4.90 Å². The average Bonchev–Trinajstić information content (AvgIpc) is 2.77. The molecule has 1 aromatic heterocycles. The number of hydrogen-bond acceptors (Lipinski definition) is 5. The highest BCUT2D eigenvalue weighted by atomic mass is 35.5. The molecule has 2 aromatic rings. The summed E-state index contributed by atoms with van der Waals surface area (Å²) >= 11 is 4.98. The number of nitrogens with zero attached hydrogens (tertiary/aromatic N) is 2. The first-order chi connectivity index (χ1) is 9.40. The third-order valence-corrected chi connectivity index (χ3v) is 4.19. The summed E-state index contributed by atoms with van der Waals surface area (Å²) in [7, 11) is 0. The molecule has 0 saturated heterocycles. The summed E-state index contributed by atoms with van der Waals surface area (Å²) in [6.45, 7) is 3.33. The van der Waals surface area contributed by atoms with Gasteiger partial charge in [-0.1, -0.05) is 16.7 Å². The molecule has 106 valence electrons. The number of halogens is 1. The van der Waals surface area contributed by atoms with Crippen LogP contribution in [0.1, 0.15) is 21.8 Å². The molecule has 0 aliphatic rings. The third-order valence-electron chi connectivity index (χ3n) is 2.64. The largest absolute Gasteiger partial charge is 0.612 e. The average molecular weight is 314 g/mol. The van der Waals surface area contributed by atoms with Crippen LogP contribution in [-0.4, -0.2) is 26.9 Å². The predicted molar refractivity (Wildman–Crippen MR) is 75.5 cm³/mol. The summed E-state index contributed by atoms with van der Waals surface area (Å²) < 4.78 is 16.6. The second kappa shape index (κ2) is 5.82. The Labute approximate surface area is 123 Å². The quantitative estimate of drug-likeness (QED) is 0.878. The fourth-order valence-corrected chi connectivity index (χ4v) is 2.77. The van der Waals surface area contributed by atoms with E-state index >= 15 is 0 Å². The van der Waals surface area contributed by atoms with E-state index < -0.39 is 17.1 Å². The van der Waals surface area contributed by atoms with Crippen molar-refractivity contribution in [3.05, 3.63) is 34.2 Å². The van der Waals surface area contributed by atoms with Crippen LogP contribution in [0.4, 0.5) is 6.01 Å². The summed E-state index contributed by atoms with van der Waals surface area (Å²) in [4.78, 5) is 12.7. The number of nitrogens with one attached hydrogen (secondary N) is 1. The van der Waals surface area contributed by atoms with Crippen LogP contribution in [0.2, 0.25) is 5.02 Å². The maximum Gasteiger partial charge on any atom is 0.322 e. The molecule has 2 rings (SSSR count). The van der Waals surface area contributed by atoms with Crippen LogP contribution in [0.25, 0.3) is 0 Å². The molecule has 1 unspecified atom stereocenters. The Kier molecular flexibility index (Phi) is 4.32. The van der Waals surface area contributed by atoms with E-state index in [9.17, 15) is 9.35 Å². The maximum atomic E-state index is 12.1. The molecule has 20 heavy (non-hydrogen) atoms. The molecule has 1 atom stereocenters. The molecule has 0 saturated carbocycles. The van der Waals surface area contributed by atoms with Gasteiger partial charge < -0.3 is 8.97 Å². The molecular formula is C12H12ClN3O3S. The summed E-state index contributed by atoms with van der Waals surface area (Å²) in [5, 5.41) is 9.99. The van der Waals surface area contributed by atoms with Gasteiger partial charge in [0, 0.05) is 12.5 Å². The number of anilines is 1. The predicted octanol–water partition coefficient (Wildman–Crippen LogP) is 2.33. The Morgan fingerprint density at radius 1 is 1.40 bits per heavy atom. The van der Waals surface area contributed by atoms with Crippen LogP contribution >= 0.6 is 11.6 Å². The van der Waals surface area contributed by atoms with Crippen molar-refractivity contribution in [2.45, 2.75) is 18.7 Å². The monoisotopic (exact) mass is 313 g/mol. The second-order valence-corrected chi connectivity index (χ2v) is 5.81. The van der Waals surface area contributed by atoms with Crippen LogP contribution in [-0.2, 0) is 11.2 Å². The summed E-state index contributed by atoms with van der Waals surface area (Å²) in [6.07, 6.45) is 1.56. The Hall–Kier alpha value is -1.57. The fourth-order valence-electron chi connectivity index (χ4n) is 1.67. The topological polar surface area (TPSA) is 91.1 Å². The van der Waals surface area contributed by atoms with E-state index in [-0.39, 0.29) is 16.6 Å². The van der Waals surface area contributed by atoms with Gasteiger partial charge in [-0.05, 0) is 30.2 Å². The van der Waals surface area contributed by atoms with Crippen molar-refractivity contribution in [3.8, 4) is 0 Å². The van der Waals surface area contributed by atoms with E-state index in [0.29, 0.717) is 16.3 Å². The lowest BCUT2D eigenvalue weighted by atomic mass is 10.1. The van der Waals surface area contributed by atoms with E-state index in [2.05, 4.69) is 15.5 Å². The van der Waals surface area contributed by atoms with Crippen molar-refractivity contribution in [1.29, 1.82) is 0 Å². The second-order valence-electron chi connectivity index (χ2n) is 4.08. The number of hydrogen-bond donors (Lipinski definition) is 1. The van der Waals surface area contributed by atoms with Crippen molar-refractivity contribution < 1.29 is 13.8 Å². The smallest absolute Gasteiger partial charge is 0.322 e. The molecule has 0 radical (unpaired) electrons. The Balaban J connectivity index is 2.29. The molecular weight excluding hydrogens is 302 g/mol.